The molecule has 0 aliphatic rings. The van der Waals surface area contributed by atoms with Crippen molar-refractivity contribution in [1.82, 2.24) is 9.97 Å². The lowest BCUT2D eigenvalue weighted by atomic mass is 10.1. The maximum atomic E-state index is 11.0. The minimum absolute atomic E-state index is 0.0229. The molecule has 1 rings (SSSR count). The summed E-state index contributed by atoms with van der Waals surface area (Å²) in [6, 6.07) is 1.01. The van der Waals surface area contributed by atoms with Crippen LogP contribution in [-0.4, -0.2) is 41.2 Å². The monoisotopic (exact) mass is 238 g/mol. The fraction of sp³-hybridized carbons (Fsp3) is 0.545. The van der Waals surface area contributed by atoms with E-state index < -0.39 is 12.0 Å². The molecule has 0 fully saturated rings. The molecule has 6 nitrogen and oxygen atoms in total. The first-order valence-electron chi connectivity index (χ1n) is 5.41. The molecular formula is C11H18N4O2. The van der Waals surface area contributed by atoms with Gasteiger partial charge in [-0.15, -0.1) is 0 Å². The summed E-state index contributed by atoms with van der Waals surface area (Å²) < 4.78 is 0. The Morgan fingerprint density at radius 2 is 2.12 bits per heavy atom. The number of anilines is 2. The van der Waals surface area contributed by atoms with Crippen molar-refractivity contribution in [3.05, 3.63) is 12.3 Å². The van der Waals surface area contributed by atoms with E-state index in [9.17, 15) is 4.79 Å². The molecule has 0 unspecified atom stereocenters. The summed E-state index contributed by atoms with van der Waals surface area (Å²) in [5.74, 6) is 0.156. The van der Waals surface area contributed by atoms with Crippen LogP contribution < -0.4 is 10.2 Å². The highest BCUT2D eigenvalue weighted by Crippen LogP contribution is 2.12. The van der Waals surface area contributed by atoms with Crippen molar-refractivity contribution in [2.75, 3.05) is 24.3 Å². The van der Waals surface area contributed by atoms with Crippen molar-refractivity contribution in [2.45, 2.75) is 19.9 Å². The molecule has 0 aliphatic carbocycles. The number of carboxylic acids is 1. The van der Waals surface area contributed by atoms with Gasteiger partial charge in [-0.2, -0.15) is 4.98 Å². The Kier molecular flexibility index (Phi) is 4.25. The predicted molar refractivity (Wildman–Crippen MR) is 66.2 cm³/mol. The summed E-state index contributed by atoms with van der Waals surface area (Å²) in [6.07, 6.45) is 1.60. The molecule has 94 valence electrons. The molecule has 0 spiro atoms. The fourth-order valence-corrected chi connectivity index (χ4v) is 1.32. The van der Waals surface area contributed by atoms with Gasteiger partial charge in [0.2, 0.25) is 5.95 Å². The fourth-order valence-electron chi connectivity index (χ4n) is 1.32. The molecule has 1 aromatic heterocycles. The lowest BCUT2D eigenvalue weighted by molar-refractivity contribution is -0.138. The molecule has 1 atom stereocenters. The number of nitrogens with one attached hydrogen (secondary N) is 1. The Bertz CT molecular complexity index is 393. The van der Waals surface area contributed by atoms with Gasteiger partial charge >= 0.3 is 5.97 Å². The van der Waals surface area contributed by atoms with E-state index in [1.165, 1.54) is 0 Å². The third-order valence-electron chi connectivity index (χ3n) is 2.28. The van der Waals surface area contributed by atoms with E-state index in [0.717, 1.165) is 0 Å². The average Bonchev–Trinajstić information content (AvgIpc) is 2.25. The molecule has 17 heavy (non-hydrogen) atoms. The van der Waals surface area contributed by atoms with Gasteiger partial charge in [0.05, 0.1) is 0 Å². The highest BCUT2D eigenvalue weighted by molar-refractivity contribution is 5.77. The van der Waals surface area contributed by atoms with Crippen LogP contribution in [0.5, 0.6) is 0 Å². The van der Waals surface area contributed by atoms with Crippen molar-refractivity contribution in [2.24, 2.45) is 5.92 Å². The Morgan fingerprint density at radius 1 is 1.47 bits per heavy atom. The zero-order valence-corrected chi connectivity index (χ0v) is 10.5. The van der Waals surface area contributed by atoms with Crippen LogP contribution in [0.1, 0.15) is 13.8 Å². The highest BCUT2D eigenvalue weighted by Gasteiger charge is 2.21. The van der Waals surface area contributed by atoms with Gasteiger partial charge in [0, 0.05) is 20.3 Å². The first kappa shape index (κ1) is 13.2. The van der Waals surface area contributed by atoms with Gasteiger partial charge in [-0.3, -0.25) is 0 Å². The summed E-state index contributed by atoms with van der Waals surface area (Å²) in [5, 5.41) is 12.0. The SMILES string of the molecule is CC(C)[C@@H](Nc1ccnc(N(C)C)n1)C(=O)O. The maximum absolute atomic E-state index is 11.0. The summed E-state index contributed by atoms with van der Waals surface area (Å²) in [4.78, 5) is 21.1. The molecule has 0 saturated heterocycles. The Morgan fingerprint density at radius 3 is 2.59 bits per heavy atom. The second-order valence-corrected chi connectivity index (χ2v) is 4.34. The zero-order chi connectivity index (χ0) is 13.0. The molecular weight excluding hydrogens is 220 g/mol. The van der Waals surface area contributed by atoms with Gasteiger partial charge in [-0.25, -0.2) is 9.78 Å². The topological polar surface area (TPSA) is 78.4 Å². The van der Waals surface area contributed by atoms with Crippen molar-refractivity contribution >= 4 is 17.7 Å². The van der Waals surface area contributed by atoms with Crippen LogP contribution >= 0.6 is 0 Å². The first-order chi connectivity index (χ1) is 7.91. The molecule has 0 radical (unpaired) electrons. The molecule has 6 heteroatoms. The smallest absolute Gasteiger partial charge is 0.326 e. The molecule has 0 aromatic carbocycles. The number of hydrogen-bond acceptors (Lipinski definition) is 5. The molecule has 0 amide bonds. The number of rotatable bonds is 5. The van der Waals surface area contributed by atoms with Crippen molar-refractivity contribution in [3.63, 3.8) is 0 Å². The minimum atomic E-state index is -0.884. The van der Waals surface area contributed by atoms with Crippen LogP contribution in [0.15, 0.2) is 12.3 Å². The van der Waals surface area contributed by atoms with Gasteiger partial charge in [0.25, 0.3) is 0 Å². The summed E-state index contributed by atoms with van der Waals surface area (Å²) in [6.45, 7) is 3.69. The van der Waals surface area contributed by atoms with E-state index in [4.69, 9.17) is 5.11 Å². The third-order valence-corrected chi connectivity index (χ3v) is 2.28. The average molecular weight is 238 g/mol. The van der Waals surface area contributed by atoms with E-state index in [1.54, 1.807) is 17.2 Å². The normalized spacial score (nSPS) is 12.3. The van der Waals surface area contributed by atoms with Crippen LogP contribution in [-0.2, 0) is 4.79 Å². The van der Waals surface area contributed by atoms with Gasteiger partial charge in [-0.05, 0) is 12.0 Å². The molecule has 1 heterocycles. The predicted octanol–water partition coefficient (Wildman–Crippen LogP) is 1.06. The maximum Gasteiger partial charge on any atom is 0.326 e. The Balaban J connectivity index is 2.86. The Labute approximate surface area is 101 Å². The highest BCUT2D eigenvalue weighted by atomic mass is 16.4. The van der Waals surface area contributed by atoms with Gasteiger partial charge in [0.1, 0.15) is 11.9 Å². The zero-order valence-electron chi connectivity index (χ0n) is 10.5. The quantitative estimate of drug-likeness (QED) is 0.798. The minimum Gasteiger partial charge on any atom is -0.480 e. The van der Waals surface area contributed by atoms with Crippen molar-refractivity contribution in [3.8, 4) is 0 Å². The van der Waals surface area contributed by atoms with Gasteiger partial charge < -0.3 is 15.3 Å². The summed E-state index contributed by atoms with van der Waals surface area (Å²) >= 11 is 0. The number of carboxylic acid groups (broad SMARTS) is 1. The third kappa shape index (κ3) is 3.58. The van der Waals surface area contributed by atoms with Gasteiger partial charge in [-0.1, -0.05) is 13.8 Å². The second-order valence-electron chi connectivity index (χ2n) is 4.34. The molecule has 0 bridgehead atoms. The number of aliphatic carboxylic acids is 1. The molecule has 0 aliphatic heterocycles. The van der Waals surface area contributed by atoms with E-state index in [-0.39, 0.29) is 5.92 Å². The van der Waals surface area contributed by atoms with Crippen molar-refractivity contribution in [1.29, 1.82) is 0 Å². The van der Waals surface area contributed by atoms with Crippen LogP contribution in [0.3, 0.4) is 0 Å². The lowest BCUT2D eigenvalue weighted by Gasteiger charge is -2.19. The molecule has 0 saturated carbocycles. The number of hydrogen-bond donors (Lipinski definition) is 2. The van der Waals surface area contributed by atoms with Crippen molar-refractivity contribution < 1.29 is 9.90 Å². The Hall–Kier alpha value is -1.85. The summed E-state index contributed by atoms with van der Waals surface area (Å²) in [5.41, 5.74) is 0. The summed E-state index contributed by atoms with van der Waals surface area (Å²) in [7, 11) is 3.66. The van der Waals surface area contributed by atoms with Gasteiger partial charge in [0.15, 0.2) is 0 Å². The number of nitrogens with zero attached hydrogens (tertiary/aromatic N) is 3. The standard InChI is InChI=1S/C11H18N4O2/c1-7(2)9(10(16)17)13-8-5-6-12-11(14-8)15(3)4/h5-7,9H,1-4H3,(H,16,17)(H,12,13,14)/t9-/m1/s1. The lowest BCUT2D eigenvalue weighted by Crippen LogP contribution is -2.34. The van der Waals surface area contributed by atoms with Crippen LogP contribution in [0.4, 0.5) is 11.8 Å². The number of carbonyl (C=O) groups is 1. The number of aromatic nitrogens is 2. The molecule has 2 N–H and O–H groups in total. The van der Waals surface area contributed by atoms with E-state index in [0.29, 0.717) is 11.8 Å². The molecule has 1 aromatic rings. The van der Waals surface area contributed by atoms with Crippen LogP contribution in [0.25, 0.3) is 0 Å². The van der Waals surface area contributed by atoms with Crippen LogP contribution in [0, 0.1) is 5.92 Å². The van der Waals surface area contributed by atoms with E-state index >= 15 is 0 Å². The first-order valence-corrected chi connectivity index (χ1v) is 5.41. The van der Waals surface area contributed by atoms with E-state index in [1.807, 2.05) is 27.9 Å². The second kappa shape index (κ2) is 5.47. The van der Waals surface area contributed by atoms with Crippen LogP contribution in [0.2, 0.25) is 0 Å². The van der Waals surface area contributed by atoms with E-state index in [2.05, 4.69) is 15.3 Å². The largest absolute Gasteiger partial charge is 0.480 e.